The Morgan fingerprint density at radius 3 is 0.883 bits per heavy atom. The van der Waals surface area contributed by atoms with Crippen LogP contribution in [0.1, 0.15) is 0 Å². The molecular formula is C60H38. The SMILES string of the molecule is c1ccc(-c2c3ccccc3c(-c3ccc4cc(-c5ccccc5)c5ccc(-c6c7ccccc7c(-c7ccccc7)c7ccccc67)cc5c4c3)c3ccccc23)cc1. The van der Waals surface area contributed by atoms with Gasteiger partial charge in [-0.25, -0.2) is 0 Å². The summed E-state index contributed by atoms with van der Waals surface area (Å²) in [4.78, 5) is 0. The van der Waals surface area contributed by atoms with E-state index < -0.39 is 0 Å². The van der Waals surface area contributed by atoms with Gasteiger partial charge in [0.05, 0.1) is 0 Å². The van der Waals surface area contributed by atoms with Crippen LogP contribution in [0.4, 0.5) is 0 Å². The van der Waals surface area contributed by atoms with E-state index in [0.717, 1.165) is 0 Å². The Morgan fingerprint density at radius 1 is 0.167 bits per heavy atom. The van der Waals surface area contributed by atoms with Crippen molar-refractivity contribution in [3.05, 3.63) is 231 Å². The van der Waals surface area contributed by atoms with E-state index in [1.165, 1.54) is 120 Å². The Labute approximate surface area is 349 Å². The first-order valence-electron chi connectivity index (χ1n) is 20.8. The van der Waals surface area contributed by atoms with E-state index in [1.54, 1.807) is 0 Å². The molecule has 0 aromatic heterocycles. The molecule has 12 aromatic carbocycles. The maximum Gasteiger partial charge on any atom is -0.00261 e. The summed E-state index contributed by atoms with van der Waals surface area (Å²) >= 11 is 0. The smallest absolute Gasteiger partial charge is 0.00261 e. The molecule has 0 N–H and O–H groups in total. The van der Waals surface area contributed by atoms with Crippen molar-refractivity contribution >= 4 is 64.6 Å². The third-order valence-electron chi connectivity index (χ3n) is 12.6. The van der Waals surface area contributed by atoms with E-state index >= 15 is 0 Å². The summed E-state index contributed by atoms with van der Waals surface area (Å²) in [7, 11) is 0. The topological polar surface area (TPSA) is 0 Å². The Kier molecular flexibility index (Phi) is 7.96. The third-order valence-corrected chi connectivity index (χ3v) is 12.6. The highest BCUT2D eigenvalue weighted by Gasteiger charge is 2.20. The molecule has 0 saturated heterocycles. The van der Waals surface area contributed by atoms with Crippen molar-refractivity contribution in [2.24, 2.45) is 0 Å². The molecule has 0 bridgehead atoms. The lowest BCUT2D eigenvalue weighted by Crippen LogP contribution is -1.92. The Hall–Kier alpha value is -7.80. The van der Waals surface area contributed by atoms with Crippen LogP contribution in [0, 0.1) is 0 Å². The molecule has 0 aliphatic carbocycles. The molecule has 0 fully saturated rings. The molecule has 0 aliphatic heterocycles. The molecule has 12 aromatic rings. The molecule has 0 atom stereocenters. The zero-order chi connectivity index (χ0) is 39.6. The van der Waals surface area contributed by atoms with Gasteiger partial charge in [-0.15, -0.1) is 0 Å². The van der Waals surface area contributed by atoms with Crippen molar-refractivity contribution in [3.8, 4) is 55.6 Å². The standard InChI is InChI=1S/C60H38/c1-4-18-39(19-5-1)54-36-42-32-33-43(59-50-28-14-10-24-46(50)57(40-20-6-2-7-21-40)47-25-11-15-29-51(47)59)37-55(42)56-38-44(34-35-45(54)56)60-52-30-16-12-26-48(52)58(41-22-8-3-9-23-41)49-27-13-17-31-53(49)60/h1-38H. The number of fused-ring (bicyclic) bond motifs is 7. The lowest BCUT2D eigenvalue weighted by molar-refractivity contribution is 1.65. The van der Waals surface area contributed by atoms with Crippen LogP contribution in [-0.4, -0.2) is 0 Å². The summed E-state index contributed by atoms with van der Waals surface area (Å²) in [5.74, 6) is 0. The van der Waals surface area contributed by atoms with E-state index in [9.17, 15) is 0 Å². The third kappa shape index (κ3) is 5.39. The fraction of sp³-hybridized carbons (Fsp3) is 0. The molecule has 60 heavy (non-hydrogen) atoms. The van der Waals surface area contributed by atoms with Gasteiger partial charge in [0.25, 0.3) is 0 Å². The first-order valence-corrected chi connectivity index (χ1v) is 20.8. The average Bonchev–Trinajstić information content (AvgIpc) is 3.32. The fourth-order valence-corrected chi connectivity index (χ4v) is 10.0. The molecule has 0 amide bonds. The first kappa shape index (κ1) is 34.3. The van der Waals surface area contributed by atoms with Crippen molar-refractivity contribution in [2.45, 2.75) is 0 Å². The average molecular weight is 759 g/mol. The predicted molar refractivity (Wildman–Crippen MR) is 259 cm³/mol. The van der Waals surface area contributed by atoms with E-state index in [0.29, 0.717) is 0 Å². The molecule has 0 spiro atoms. The second-order valence-corrected chi connectivity index (χ2v) is 15.9. The highest BCUT2D eigenvalue weighted by molar-refractivity contribution is 6.25. The lowest BCUT2D eigenvalue weighted by Gasteiger charge is -2.20. The van der Waals surface area contributed by atoms with Crippen molar-refractivity contribution < 1.29 is 0 Å². The highest BCUT2D eigenvalue weighted by atomic mass is 14.2. The van der Waals surface area contributed by atoms with Gasteiger partial charge in [-0.3, -0.25) is 0 Å². The monoisotopic (exact) mass is 758 g/mol. The molecule has 0 nitrogen and oxygen atoms in total. The Morgan fingerprint density at radius 2 is 0.483 bits per heavy atom. The molecule has 0 radical (unpaired) electrons. The largest absolute Gasteiger partial charge is 0.0622 e. The van der Waals surface area contributed by atoms with E-state index in [1.807, 2.05) is 0 Å². The summed E-state index contributed by atoms with van der Waals surface area (Å²) in [5, 5.41) is 15.1. The second-order valence-electron chi connectivity index (χ2n) is 15.9. The molecule has 0 heteroatoms. The molecule has 12 rings (SSSR count). The zero-order valence-electron chi connectivity index (χ0n) is 32.9. The zero-order valence-corrected chi connectivity index (χ0v) is 32.9. The van der Waals surface area contributed by atoms with Gasteiger partial charge in [0, 0.05) is 0 Å². The number of hydrogen-bond acceptors (Lipinski definition) is 0. The number of hydrogen-bond donors (Lipinski definition) is 0. The van der Waals surface area contributed by atoms with Crippen LogP contribution in [0.25, 0.3) is 120 Å². The Balaban J connectivity index is 1.17. The molecule has 278 valence electrons. The van der Waals surface area contributed by atoms with Gasteiger partial charge in [-0.05, 0) is 138 Å². The molecule has 0 heterocycles. The number of rotatable bonds is 5. The van der Waals surface area contributed by atoms with Gasteiger partial charge in [0.15, 0.2) is 0 Å². The van der Waals surface area contributed by atoms with Crippen LogP contribution < -0.4 is 0 Å². The summed E-state index contributed by atoms with van der Waals surface area (Å²) < 4.78 is 0. The first-order chi connectivity index (χ1) is 29.8. The van der Waals surface area contributed by atoms with Gasteiger partial charge in [0.2, 0.25) is 0 Å². The molecular weight excluding hydrogens is 721 g/mol. The van der Waals surface area contributed by atoms with Crippen molar-refractivity contribution in [1.82, 2.24) is 0 Å². The van der Waals surface area contributed by atoms with E-state index in [4.69, 9.17) is 0 Å². The summed E-state index contributed by atoms with van der Waals surface area (Å²) in [6, 6.07) is 85.1. The highest BCUT2D eigenvalue weighted by Crippen LogP contribution is 2.48. The normalized spacial score (nSPS) is 11.7. The second kappa shape index (κ2) is 13.9. The van der Waals surface area contributed by atoms with Gasteiger partial charge in [0.1, 0.15) is 0 Å². The van der Waals surface area contributed by atoms with Crippen molar-refractivity contribution in [1.29, 1.82) is 0 Å². The minimum Gasteiger partial charge on any atom is -0.0622 e. The lowest BCUT2D eigenvalue weighted by atomic mass is 9.83. The van der Waals surface area contributed by atoms with Gasteiger partial charge >= 0.3 is 0 Å². The molecule has 0 saturated carbocycles. The maximum absolute atomic E-state index is 2.47. The Bertz CT molecular complexity index is 3510. The van der Waals surface area contributed by atoms with Crippen LogP contribution in [0.5, 0.6) is 0 Å². The van der Waals surface area contributed by atoms with Crippen LogP contribution in [0.2, 0.25) is 0 Å². The predicted octanol–water partition coefficient (Wildman–Crippen LogP) is 16.9. The minimum atomic E-state index is 1.22. The minimum absolute atomic E-state index is 1.22. The van der Waals surface area contributed by atoms with Gasteiger partial charge in [-0.1, -0.05) is 212 Å². The number of benzene rings is 12. The van der Waals surface area contributed by atoms with Crippen LogP contribution >= 0.6 is 0 Å². The van der Waals surface area contributed by atoms with Crippen LogP contribution in [-0.2, 0) is 0 Å². The van der Waals surface area contributed by atoms with E-state index in [2.05, 4.69) is 231 Å². The van der Waals surface area contributed by atoms with Crippen LogP contribution in [0.3, 0.4) is 0 Å². The molecule has 0 aliphatic rings. The maximum atomic E-state index is 2.47. The van der Waals surface area contributed by atoms with Crippen molar-refractivity contribution in [2.75, 3.05) is 0 Å². The van der Waals surface area contributed by atoms with Gasteiger partial charge in [-0.2, -0.15) is 0 Å². The summed E-state index contributed by atoms with van der Waals surface area (Å²) in [5.41, 5.74) is 12.5. The molecule has 0 unspecified atom stereocenters. The van der Waals surface area contributed by atoms with Crippen LogP contribution in [0.15, 0.2) is 231 Å². The summed E-state index contributed by atoms with van der Waals surface area (Å²) in [6.45, 7) is 0. The van der Waals surface area contributed by atoms with Crippen molar-refractivity contribution in [3.63, 3.8) is 0 Å². The summed E-state index contributed by atoms with van der Waals surface area (Å²) in [6.07, 6.45) is 0. The van der Waals surface area contributed by atoms with Gasteiger partial charge < -0.3 is 0 Å². The van der Waals surface area contributed by atoms with E-state index in [-0.39, 0.29) is 0 Å². The quantitative estimate of drug-likeness (QED) is 0.121. The fourth-order valence-electron chi connectivity index (χ4n) is 10.0.